The van der Waals surface area contributed by atoms with E-state index in [0.717, 1.165) is 43.8 Å². The maximum Gasteiger partial charge on any atom is 0.254 e. The molecule has 1 aliphatic heterocycles. The van der Waals surface area contributed by atoms with Crippen LogP contribution in [0.3, 0.4) is 0 Å². The molecule has 4 nitrogen and oxygen atoms in total. The summed E-state index contributed by atoms with van der Waals surface area (Å²) in [5, 5.41) is 3.31. The largest absolute Gasteiger partial charge is 0.490 e. The van der Waals surface area contributed by atoms with Crippen molar-refractivity contribution in [2.24, 2.45) is 0 Å². The second kappa shape index (κ2) is 6.48. The van der Waals surface area contributed by atoms with Crippen molar-refractivity contribution in [1.82, 2.24) is 10.2 Å². The first-order chi connectivity index (χ1) is 10.2. The fourth-order valence-corrected chi connectivity index (χ4v) is 3.21. The van der Waals surface area contributed by atoms with Crippen LogP contribution in [-0.4, -0.2) is 42.6 Å². The molecule has 4 heteroatoms. The van der Waals surface area contributed by atoms with Crippen molar-refractivity contribution < 1.29 is 9.53 Å². The lowest BCUT2D eigenvalue weighted by molar-refractivity contribution is 0.0655. The van der Waals surface area contributed by atoms with Gasteiger partial charge in [-0.05, 0) is 50.8 Å². The van der Waals surface area contributed by atoms with Gasteiger partial charge in [0.2, 0.25) is 0 Å². The molecule has 0 radical (unpaired) electrons. The third-order valence-corrected chi connectivity index (χ3v) is 4.45. The summed E-state index contributed by atoms with van der Waals surface area (Å²) >= 11 is 0. The van der Waals surface area contributed by atoms with Crippen molar-refractivity contribution in [3.05, 3.63) is 29.8 Å². The predicted octanol–water partition coefficient (Wildman–Crippen LogP) is 2.44. The summed E-state index contributed by atoms with van der Waals surface area (Å²) in [5.74, 6) is 0.941. The maximum absolute atomic E-state index is 12.6. The molecule has 1 heterocycles. The van der Waals surface area contributed by atoms with E-state index in [4.69, 9.17) is 4.74 Å². The van der Waals surface area contributed by atoms with Gasteiger partial charge in [0.1, 0.15) is 5.75 Å². The Morgan fingerprint density at radius 1 is 1.33 bits per heavy atom. The molecule has 1 amide bonds. The first-order valence-corrected chi connectivity index (χ1v) is 8.02. The molecule has 0 spiro atoms. The van der Waals surface area contributed by atoms with E-state index in [2.05, 4.69) is 12.2 Å². The highest BCUT2D eigenvalue weighted by Crippen LogP contribution is 2.25. The number of carbonyl (C=O) groups is 1. The van der Waals surface area contributed by atoms with Crippen LogP contribution in [0.5, 0.6) is 5.75 Å². The van der Waals surface area contributed by atoms with Crippen molar-refractivity contribution in [2.45, 2.75) is 44.8 Å². The van der Waals surface area contributed by atoms with Crippen LogP contribution in [0, 0.1) is 0 Å². The van der Waals surface area contributed by atoms with Crippen LogP contribution >= 0.6 is 0 Å². The van der Waals surface area contributed by atoms with Gasteiger partial charge in [0.15, 0.2) is 0 Å². The molecule has 0 aromatic heterocycles. The molecular weight excluding hydrogens is 264 g/mol. The zero-order chi connectivity index (χ0) is 14.7. The fraction of sp³-hybridized carbons (Fsp3) is 0.588. The second-order valence-corrected chi connectivity index (χ2v) is 6.10. The average molecular weight is 288 g/mol. The highest BCUT2D eigenvalue weighted by Gasteiger charge is 2.24. The molecule has 1 atom stereocenters. The van der Waals surface area contributed by atoms with E-state index in [1.807, 2.05) is 29.2 Å². The lowest BCUT2D eigenvalue weighted by atomic mass is 10.1. The minimum Gasteiger partial charge on any atom is -0.490 e. The van der Waals surface area contributed by atoms with E-state index >= 15 is 0 Å². The average Bonchev–Trinajstić information content (AvgIpc) is 3.00. The summed E-state index contributed by atoms with van der Waals surface area (Å²) in [6, 6.07) is 7.90. The van der Waals surface area contributed by atoms with Gasteiger partial charge in [-0.25, -0.2) is 0 Å². The molecule has 0 unspecified atom stereocenters. The number of nitrogens with zero attached hydrogens (tertiary/aromatic N) is 1. The summed E-state index contributed by atoms with van der Waals surface area (Å²) in [6.45, 7) is 4.59. The summed E-state index contributed by atoms with van der Waals surface area (Å²) in [6.07, 6.45) is 5.09. The molecule has 1 saturated heterocycles. The highest BCUT2D eigenvalue weighted by molar-refractivity contribution is 5.94. The number of piperazine rings is 1. The summed E-state index contributed by atoms with van der Waals surface area (Å²) in [7, 11) is 0. The maximum atomic E-state index is 12.6. The van der Waals surface area contributed by atoms with Crippen molar-refractivity contribution >= 4 is 5.91 Å². The molecular formula is C17H24N2O2. The van der Waals surface area contributed by atoms with Gasteiger partial charge in [-0.2, -0.15) is 0 Å². The number of amides is 1. The van der Waals surface area contributed by atoms with Crippen LogP contribution in [0.2, 0.25) is 0 Å². The van der Waals surface area contributed by atoms with Gasteiger partial charge >= 0.3 is 0 Å². The Labute approximate surface area is 126 Å². The monoisotopic (exact) mass is 288 g/mol. The van der Waals surface area contributed by atoms with Gasteiger partial charge in [-0.3, -0.25) is 4.79 Å². The normalized spacial score (nSPS) is 23.3. The number of rotatable bonds is 3. The third kappa shape index (κ3) is 3.38. The summed E-state index contributed by atoms with van der Waals surface area (Å²) in [5.41, 5.74) is 0.735. The number of benzene rings is 1. The van der Waals surface area contributed by atoms with Gasteiger partial charge < -0.3 is 15.0 Å². The van der Waals surface area contributed by atoms with Crippen LogP contribution in [0.1, 0.15) is 43.0 Å². The van der Waals surface area contributed by atoms with Crippen molar-refractivity contribution in [3.8, 4) is 5.75 Å². The van der Waals surface area contributed by atoms with E-state index < -0.39 is 0 Å². The van der Waals surface area contributed by atoms with Crippen LogP contribution in [0.15, 0.2) is 24.3 Å². The van der Waals surface area contributed by atoms with E-state index in [0.29, 0.717) is 6.10 Å². The fourth-order valence-electron chi connectivity index (χ4n) is 3.21. The Bertz CT molecular complexity index is 497. The highest BCUT2D eigenvalue weighted by atomic mass is 16.5. The SMILES string of the molecule is C[C@H]1CNCCN1C(=O)c1cccc(OC2CCCC2)c1. The molecule has 1 saturated carbocycles. The molecule has 114 valence electrons. The number of hydrogen-bond donors (Lipinski definition) is 1. The van der Waals surface area contributed by atoms with E-state index in [-0.39, 0.29) is 11.9 Å². The quantitative estimate of drug-likeness (QED) is 0.929. The molecule has 21 heavy (non-hydrogen) atoms. The van der Waals surface area contributed by atoms with E-state index in [1.165, 1.54) is 12.8 Å². The Hall–Kier alpha value is -1.55. The van der Waals surface area contributed by atoms with Crippen LogP contribution < -0.4 is 10.1 Å². The van der Waals surface area contributed by atoms with Gasteiger partial charge in [0.05, 0.1) is 6.10 Å². The first kappa shape index (κ1) is 14.4. The number of nitrogens with one attached hydrogen (secondary N) is 1. The number of hydrogen-bond acceptors (Lipinski definition) is 3. The Morgan fingerprint density at radius 2 is 2.14 bits per heavy atom. The van der Waals surface area contributed by atoms with Gasteiger partial charge in [-0.15, -0.1) is 0 Å². The molecule has 3 rings (SSSR count). The van der Waals surface area contributed by atoms with E-state index in [1.54, 1.807) is 0 Å². The van der Waals surface area contributed by atoms with Crippen LogP contribution in [0.25, 0.3) is 0 Å². The second-order valence-electron chi connectivity index (χ2n) is 6.10. The third-order valence-electron chi connectivity index (χ3n) is 4.45. The minimum absolute atomic E-state index is 0.112. The molecule has 1 aromatic carbocycles. The number of carbonyl (C=O) groups excluding carboxylic acids is 1. The number of ether oxygens (including phenoxy) is 1. The standard InChI is InChI=1S/C17H24N2O2/c1-13-12-18-9-10-19(13)17(20)14-5-4-8-16(11-14)21-15-6-2-3-7-15/h4-5,8,11,13,15,18H,2-3,6-7,9-10,12H2,1H3/t13-/m0/s1. The molecule has 2 fully saturated rings. The zero-order valence-corrected chi connectivity index (χ0v) is 12.7. The van der Waals surface area contributed by atoms with Crippen LogP contribution in [-0.2, 0) is 0 Å². The molecule has 0 bridgehead atoms. The van der Waals surface area contributed by atoms with Crippen molar-refractivity contribution in [1.29, 1.82) is 0 Å². The van der Waals surface area contributed by atoms with Crippen LogP contribution in [0.4, 0.5) is 0 Å². The van der Waals surface area contributed by atoms with Gasteiger partial charge in [0.25, 0.3) is 5.91 Å². The van der Waals surface area contributed by atoms with Gasteiger partial charge in [-0.1, -0.05) is 6.07 Å². The lowest BCUT2D eigenvalue weighted by Gasteiger charge is -2.34. The first-order valence-electron chi connectivity index (χ1n) is 8.02. The van der Waals surface area contributed by atoms with E-state index in [9.17, 15) is 4.79 Å². The smallest absolute Gasteiger partial charge is 0.254 e. The Kier molecular flexibility index (Phi) is 4.44. The Balaban J connectivity index is 1.70. The molecule has 1 aliphatic carbocycles. The molecule has 1 aromatic rings. The predicted molar refractivity (Wildman–Crippen MR) is 82.7 cm³/mol. The minimum atomic E-state index is 0.112. The topological polar surface area (TPSA) is 41.6 Å². The lowest BCUT2D eigenvalue weighted by Crippen LogP contribution is -2.52. The van der Waals surface area contributed by atoms with Gasteiger partial charge in [0, 0.05) is 31.2 Å². The molecule has 1 N–H and O–H groups in total. The van der Waals surface area contributed by atoms with Crippen molar-refractivity contribution in [3.63, 3.8) is 0 Å². The summed E-state index contributed by atoms with van der Waals surface area (Å²) in [4.78, 5) is 14.6. The van der Waals surface area contributed by atoms with Crippen molar-refractivity contribution in [2.75, 3.05) is 19.6 Å². The summed E-state index contributed by atoms with van der Waals surface area (Å²) < 4.78 is 6.00. The Morgan fingerprint density at radius 3 is 2.90 bits per heavy atom. The molecule has 2 aliphatic rings. The zero-order valence-electron chi connectivity index (χ0n) is 12.7.